The number of nitrogens with one attached hydrogen (secondary N) is 1. The molecule has 3 N–H and O–H groups in total. The summed E-state index contributed by atoms with van der Waals surface area (Å²) >= 11 is 6.22. The van der Waals surface area contributed by atoms with Gasteiger partial charge >= 0.3 is 5.69 Å². The maximum Gasteiger partial charge on any atom is 0.316 e. The number of likely N-dealkylation sites (tertiary alicyclic amines) is 1. The molecule has 0 amide bonds. The number of nitrogens with two attached hydrogens (primary N) is 1. The second-order valence-electron chi connectivity index (χ2n) is 8.76. The van der Waals surface area contributed by atoms with Crippen molar-refractivity contribution in [1.82, 2.24) is 4.90 Å². The van der Waals surface area contributed by atoms with Crippen LogP contribution in [0, 0.1) is 10.1 Å². The topological polar surface area (TPSA) is 84.4 Å². The van der Waals surface area contributed by atoms with E-state index in [0.717, 1.165) is 32.5 Å². The summed E-state index contributed by atoms with van der Waals surface area (Å²) < 4.78 is 0. The number of anilines is 2. The molecule has 1 fully saturated rings. The first-order valence-corrected chi connectivity index (χ1v) is 13.8. The summed E-state index contributed by atoms with van der Waals surface area (Å²) in [5, 5.41) is 16.5. The first-order valence-electron chi connectivity index (χ1n) is 9.96. The maximum atomic E-state index is 11.4. The van der Waals surface area contributed by atoms with E-state index in [9.17, 15) is 10.1 Å². The van der Waals surface area contributed by atoms with E-state index < -0.39 is 13.0 Å². The highest BCUT2D eigenvalue weighted by Crippen LogP contribution is 2.38. The van der Waals surface area contributed by atoms with Gasteiger partial charge in [0, 0.05) is 25.7 Å². The predicted molar refractivity (Wildman–Crippen MR) is 124 cm³/mol. The Hall–Kier alpha value is -2.09. The highest BCUT2D eigenvalue weighted by atomic mass is 35.5. The van der Waals surface area contributed by atoms with E-state index in [1.54, 1.807) is 6.07 Å². The molecule has 0 aromatic heterocycles. The van der Waals surface area contributed by atoms with E-state index in [1.807, 2.05) is 0 Å². The van der Waals surface area contributed by atoms with Crippen LogP contribution in [0.25, 0.3) is 0 Å². The van der Waals surface area contributed by atoms with Crippen LogP contribution in [0.2, 0.25) is 24.7 Å². The van der Waals surface area contributed by atoms with Crippen LogP contribution < -0.4 is 16.2 Å². The zero-order chi connectivity index (χ0) is 21.2. The average Bonchev–Trinajstić information content (AvgIpc) is 2.66. The van der Waals surface area contributed by atoms with Gasteiger partial charge in [0.1, 0.15) is 11.4 Å². The van der Waals surface area contributed by atoms with Gasteiger partial charge in [-0.05, 0) is 30.5 Å². The van der Waals surface area contributed by atoms with Crippen LogP contribution in [0.3, 0.4) is 0 Å². The van der Waals surface area contributed by atoms with Gasteiger partial charge in [-0.1, -0.05) is 60.7 Å². The molecule has 6 nitrogen and oxygen atoms in total. The van der Waals surface area contributed by atoms with Gasteiger partial charge in [-0.3, -0.25) is 15.0 Å². The zero-order valence-electron chi connectivity index (χ0n) is 17.2. The van der Waals surface area contributed by atoms with E-state index in [0.29, 0.717) is 10.7 Å². The largest absolute Gasteiger partial charge is 0.393 e. The molecule has 156 valence electrons. The molecular weight excluding hydrogens is 404 g/mol. The molecule has 0 bridgehead atoms. The molecule has 0 spiro atoms. The Morgan fingerprint density at radius 2 is 1.79 bits per heavy atom. The fraction of sp³-hybridized carbons (Fsp3) is 0.429. The number of hydrogen-bond donors (Lipinski definition) is 2. The highest BCUT2D eigenvalue weighted by molar-refractivity contribution is 6.88. The van der Waals surface area contributed by atoms with E-state index in [2.05, 4.69) is 54.1 Å². The molecule has 0 aliphatic carbocycles. The Balaban J connectivity index is 1.59. The molecule has 0 radical (unpaired) electrons. The van der Waals surface area contributed by atoms with Crippen molar-refractivity contribution in [3.63, 3.8) is 0 Å². The minimum atomic E-state index is -1.27. The number of hydrogen-bond acceptors (Lipinski definition) is 5. The van der Waals surface area contributed by atoms with E-state index >= 15 is 0 Å². The van der Waals surface area contributed by atoms with Gasteiger partial charge in [0.25, 0.3) is 0 Å². The molecule has 2 aromatic carbocycles. The second kappa shape index (κ2) is 8.73. The second-order valence-corrected chi connectivity index (χ2v) is 14.2. The Labute approximate surface area is 178 Å². The van der Waals surface area contributed by atoms with E-state index in [1.165, 1.54) is 16.8 Å². The quantitative estimate of drug-likeness (QED) is 0.305. The fourth-order valence-corrected chi connectivity index (χ4v) is 5.10. The van der Waals surface area contributed by atoms with Crippen LogP contribution in [0.4, 0.5) is 17.1 Å². The van der Waals surface area contributed by atoms with Crippen molar-refractivity contribution in [3.05, 3.63) is 57.1 Å². The summed E-state index contributed by atoms with van der Waals surface area (Å²) in [5.41, 5.74) is 7.44. The van der Waals surface area contributed by atoms with Crippen molar-refractivity contribution < 1.29 is 4.92 Å². The molecule has 1 aliphatic heterocycles. The number of nitrogens with zero attached hydrogens (tertiary/aromatic N) is 2. The predicted octanol–water partition coefficient (Wildman–Crippen LogP) is 4.45. The lowest BCUT2D eigenvalue weighted by Gasteiger charge is -2.33. The molecule has 29 heavy (non-hydrogen) atoms. The van der Waals surface area contributed by atoms with Crippen molar-refractivity contribution in [1.29, 1.82) is 0 Å². The van der Waals surface area contributed by atoms with Gasteiger partial charge in [-0.25, -0.2) is 0 Å². The third kappa shape index (κ3) is 5.29. The van der Waals surface area contributed by atoms with Crippen LogP contribution in [0.15, 0.2) is 36.4 Å². The van der Waals surface area contributed by atoms with E-state index in [4.69, 9.17) is 17.3 Å². The van der Waals surface area contributed by atoms with Crippen LogP contribution in [-0.4, -0.2) is 37.0 Å². The van der Waals surface area contributed by atoms with Crippen molar-refractivity contribution in [3.8, 4) is 0 Å². The summed E-state index contributed by atoms with van der Waals surface area (Å²) in [6, 6.07) is 12.3. The molecule has 1 aliphatic rings. The minimum absolute atomic E-state index is 0.126. The number of piperidine rings is 1. The maximum absolute atomic E-state index is 11.4. The lowest BCUT2D eigenvalue weighted by molar-refractivity contribution is -0.383. The normalized spacial score (nSPS) is 16.0. The first kappa shape index (κ1) is 21.6. The zero-order valence-corrected chi connectivity index (χ0v) is 19.0. The summed E-state index contributed by atoms with van der Waals surface area (Å²) in [4.78, 5) is 13.4. The van der Waals surface area contributed by atoms with E-state index in [-0.39, 0.29) is 17.4 Å². The van der Waals surface area contributed by atoms with Crippen molar-refractivity contribution >= 4 is 41.9 Å². The van der Waals surface area contributed by atoms with Gasteiger partial charge in [-0.15, -0.1) is 0 Å². The molecule has 8 heteroatoms. The highest BCUT2D eigenvalue weighted by Gasteiger charge is 2.26. The molecule has 0 atom stereocenters. The fourth-order valence-electron chi connectivity index (χ4n) is 3.72. The molecular formula is C21H29ClN4O2Si. The minimum Gasteiger partial charge on any atom is -0.393 e. The van der Waals surface area contributed by atoms with Gasteiger partial charge < -0.3 is 11.1 Å². The Bertz CT molecular complexity index is 875. The number of benzene rings is 2. The molecule has 2 aromatic rings. The van der Waals surface area contributed by atoms with Crippen molar-refractivity contribution in [2.45, 2.75) is 45.1 Å². The third-order valence-electron chi connectivity index (χ3n) is 5.50. The smallest absolute Gasteiger partial charge is 0.316 e. The van der Waals surface area contributed by atoms with Crippen molar-refractivity contribution in [2.24, 2.45) is 0 Å². The Kier molecular flexibility index (Phi) is 6.51. The van der Waals surface area contributed by atoms with Crippen LogP contribution in [0.1, 0.15) is 18.4 Å². The first-order chi connectivity index (χ1) is 13.6. The Morgan fingerprint density at radius 3 is 2.34 bits per heavy atom. The molecule has 1 saturated heterocycles. The molecule has 0 saturated carbocycles. The molecule has 0 unspecified atom stereocenters. The van der Waals surface area contributed by atoms with Crippen molar-refractivity contribution in [2.75, 3.05) is 24.1 Å². The third-order valence-corrected chi connectivity index (χ3v) is 7.88. The number of rotatable bonds is 6. The lowest BCUT2D eigenvalue weighted by atomic mass is 10.0. The number of nitro benzene ring substituents is 1. The number of nitrogen functional groups attached to an aromatic ring is 1. The van der Waals surface area contributed by atoms with Gasteiger partial charge in [0.2, 0.25) is 0 Å². The van der Waals surface area contributed by atoms with Gasteiger partial charge in [0.05, 0.1) is 18.0 Å². The number of halogens is 1. The Morgan fingerprint density at radius 1 is 1.17 bits per heavy atom. The summed E-state index contributed by atoms with van der Waals surface area (Å²) in [6.45, 7) is 9.87. The van der Waals surface area contributed by atoms with Crippen LogP contribution in [0.5, 0.6) is 0 Å². The van der Waals surface area contributed by atoms with Crippen LogP contribution >= 0.6 is 11.6 Å². The lowest BCUT2D eigenvalue weighted by Crippen LogP contribution is -2.39. The summed E-state index contributed by atoms with van der Waals surface area (Å²) in [5.74, 6) is 0. The monoisotopic (exact) mass is 432 g/mol. The standard InChI is InChI=1S/C21H29ClN4O2Si/c1-29(2,3)17-6-4-15(5-7-17)14-25-12-10-16(11-13-25)24-20-18(22)8-9-19(23)21(20)26(27)28/h4-9,16,24H,10-14,23H2,1-3H3. The van der Waals surface area contributed by atoms with Gasteiger partial charge in [0.15, 0.2) is 0 Å². The summed E-state index contributed by atoms with van der Waals surface area (Å²) in [6.07, 6.45) is 1.80. The summed E-state index contributed by atoms with van der Waals surface area (Å²) in [7, 11) is -1.27. The van der Waals surface area contributed by atoms with Gasteiger partial charge in [-0.2, -0.15) is 0 Å². The molecule has 1 heterocycles. The SMILES string of the molecule is C[Si](C)(C)c1ccc(CN2CCC(Nc3c(Cl)ccc(N)c3[N+](=O)[O-])CC2)cc1. The van der Waals surface area contributed by atoms with Crippen LogP contribution in [-0.2, 0) is 6.54 Å². The molecule has 3 rings (SSSR count). The average molecular weight is 433 g/mol. The number of nitro groups is 1.